The second kappa shape index (κ2) is 3.80. The monoisotopic (exact) mass is 286 g/mol. The van der Waals surface area contributed by atoms with E-state index in [1.165, 1.54) is 0 Å². The highest BCUT2D eigenvalue weighted by atomic mass is 16.1. The van der Waals surface area contributed by atoms with Crippen LogP contribution in [0.4, 0.5) is 0 Å². The number of benzene rings is 2. The van der Waals surface area contributed by atoms with Gasteiger partial charge in [-0.15, -0.1) is 0 Å². The highest BCUT2D eigenvalue weighted by molar-refractivity contribution is 6.34. The Bertz CT molecular complexity index is 953. The molecule has 0 amide bonds. The van der Waals surface area contributed by atoms with Crippen LogP contribution in [0.15, 0.2) is 59.2 Å². The maximum Gasteiger partial charge on any atom is 0.214 e. The third-order valence-electron chi connectivity index (χ3n) is 4.42. The lowest BCUT2D eigenvalue weighted by Gasteiger charge is -2.20. The van der Waals surface area contributed by atoms with Gasteiger partial charge in [0, 0.05) is 22.3 Å². The van der Waals surface area contributed by atoms with E-state index in [2.05, 4.69) is 10.3 Å². The molecule has 104 valence electrons. The molecule has 1 N–H and O–H groups in total. The second-order valence-electron chi connectivity index (χ2n) is 5.58. The molecule has 3 aliphatic rings. The topological polar surface area (TPSA) is 58.5 Å². The van der Waals surface area contributed by atoms with Crippen LogP contribution in [0.3, 0.4) is 0 Å². The van der Waals surface area contributed by atoms with Crippen molar-refractivity contribution < 1.29 is 9.59 Å². The minimum Gasteiger partial charge on any atom is -0.368 e. The van der Waals surface area contributed by atoms with Crippen LogP contribution >= 0.6 is 0 Å². The predicted molar refractivity (Wildman–Crippen MR) is 81.9 cm³/mol. The van der Waals surface area contributed by atoms with E-state index in [-0.39, 0.29) is 11.6 Å². The molecule has 22 heavy (non-hydrogen) atoms. The summed E-state index contributed by atoms with van der Waals surface area (Å²) in [4.78, 5) is 29.6. The van der Waals surface area contributed by atoms with Gasteiger partial charge in [0.1, 0.15) is 11.7 Å². The summed E-state index contributed by atoms with van der Waals surface area (Å²) in [6, 6.07) is 14.3. The number of nitrogens with zero attached hydrogens (tertiary/aromatic N) is 1. The molecular formula is C18H10N2O2. The van der Waals surface area contributed by atoms with Crippen LogP contribution in [-0.4, -0.2) is 23.3 Å². The van der Waals surface area contributed by atoms with Gasteiger partial charge in [0.15, 0.2) is 5.78 Å². The number of nitrogens with one attached hydrogen (secondary N) is 1. The van der Waals surface area contributed by atoms with Gasteiger partial charge in [-0.2, -0.15) is 0 Å². The van der Waals surface area contributed by atoms with Crippen molar-refractivity contribution in [2.45, 2.75) is 6.04 Å². The molecule has 0 radical (unpaired) electrons. The first-order chi connectivity index (χ1) is 10.8. The molecule has 2 aliphatic carbocycles. The van der Waals surface area contributed by atoms with E-state index in [0.717, 1.165) is 11.1 Å². The molecule has 4 nitrogen and oxygen atoms in total. The third-order valence-corrected chi connectivity index (χ3v) is 4.42. The Hall–Kier alpha value is -3.01. The van der Waals surface area contributed by atoms with Crippen LogP contribution in [0, 0.1) is 0 Å². The fraction of sp³-hybridized carbons (Fsp3) is 0.0556. The average molecular weight is 286 g/mol. The number of carbonyl (C=O) groups is 2. The van der Waals surface area contributed by atoms with E-state index in [1.807, 2.05) is 36.4 Å². The lowest BCUT2D eigenvalue weighted by atomic mass is 10.1. The fourth-order valence-corrected chi connectivity index (χ4v) is 3.40. The molecule has 1 heterocycles. The lowest BCUT2D eigenvalue weighted by molar-refractivity contribution is 0.0979. The van der Waals surface area contributed by atoms with E-state index < -0.39 is 6.04 Å². The van der Waals surface area contributed by atoms with Gasteiger partial charge in [0.2, 0.25) is 5.78 Å². The molecule has 0 spiro atoms. The van der Waals surface area contributed by atoms with Crippen molar-refractivity contribution in [1.82, 2.24) is 5.32 Å². The SMILES string of the molecule is O=C1C2=C(NC3C(=O)c4ccccc4C3=N2)c2ccccc21. The van der Waals surface area contributed by atoms with Crippen LogP contribution in [0.5, 0.6) is 0 Å². The summed E-state index contributed by atoms with van der Waals surface area (Å²) in [6.07, 6.45) is 0. The number of allylic oxidation sites excluding steroid dienone is 1. The smallest absolute Gasteiger partial charge is 0.214 e. The van der Waals surface area contributed by atoms with E-state index in [9.17, 15) is 9.59 Å². The second-order valence-corrected chi connectivity index (χ2v) is 5.58. The molecular weight excluding hydrogens is 276 g/mol. The molecule has 1 aliphatic heterocycles. The summed E-state index contributed by atoms with van der Waals surface area (Å²) in [5, 5.41) is 3.24. The molecule has 0 saturated carbocycles. The van der Waals surface area contributed by atoms with Crippen molar-refractivity contribution in [3.05, 3.63) is 76.5 Å². The summed E-state index contributed by atoms with van der Waals surface area (Å²) in [5.74, 6) is -0.0707. The zero-order valence-electron chi connectivity index (χ0n) is 11.5. The van der Waals surface area contributed by atoms with E-state index in [1.54, 1.807) is 12.1 Å². The number of ketones is 2. The third kappa shape index (κ3) is 1.25. The van der Waals surface area contributed by atoms with Crippen LogP contribution in [0.1, 0.15) is 31.8 Å². The number of fused-ring (bicyclic) bond motifs is 5. The number of hydrogen-bond acceptors (Lipinski definition) is 4. The van der Waals surface area contributed by atoms with Crippen LogP contribution < -0.4 is 5.32 Å². The maximum atomic E-state index is 12.6. The van der Waals surface area contributed by atoms with Crippen LogP contribution in [0.2, 0.25) is 0 Å². The minimum absolute atomic E-state index is 0.0118. The largest absolute Gasteiger partial charge is 0.368 e. The van der Waals surface area contributed by atoms with E-state index in [0.29, 0.717) is 28.2 Å². The number of aliphatic imine (C=N–C) groups is 1. The van der Waals surface area contributed by atoms with Gasteiger partial charge in [-0.1, -0.05) is 48.5 Å². The molecule has 0 aromatic heterocycles. The summed E-state index contributed by atoms with van der Waals surface area (Å²) >= 11 is 0. The van der Waals surface area contributed by atoms with Gasteiger partial charge >= 0.3 is 0 Å². The zero-order valence-corrected chi connectivity index (χ0v) is 11.5. The molecule has 2 aromatic rings. The Morgan fingerprint density at radius 2 is 1.45 bits per heavy atom. The van der Waals surface area contributed by atoms with Crippen molar-refractivity contribution in [3.8, 4) is 0 Å². The summed E-state index contributed by atoms with van der Waals surface area (Å²) in [5.41, 5.74) is 4.70. The number of hydrogen-bond donors (Lipinski definition) is 1. The molecule has 1 unspecified atom stereocenters. The van der Waals surface area contributed by atoms with Gasteiger partial charge in [-0.25, -0.2) is 4.99 Å². The Balaban J connectivity index is 1.74. The molecule has 0 saturated heterocycles. The lowest BCUT2D eigenvalue weighted by Crippen LogP contribution is -2.40. The standard InChI is InChI=1S/C18H10N2O2/c21-17-11-7-3-1-5-9(11)13-15(17)20-14-10-6-2-4-8-12(10)18(22)16(14)19-13/h1-8,15,20H. The Morgan fingerprint density at radius 1 is 0.818 bits per heavy atom. The molecule has 4 heteroatoms. The van der Waals surface area contributed by atoms with Crippen molar-refractivity contribution in [3.63, 3.8) is 0 Å². The summed E-state index contributed by atoms with van der Waals surface area (Å²) < 4.78 is 0. The average Bonchev–Trinajstić information content (AvgIpc) is 3.01. The van der Waals surface area contributed by atoms with Crippen molar-refractivity contribution in [2.24, 2.45) is 4.99 Å². The number of carbonyl (C=O) groups excluding carboxylic acids is 2. The first kappa shape index (κ1) is 11.6. The van der Waals surface area contributed by atoms with Crippen molar-refractivity contribution >= 4 is 23.0 Å². The Kier molecular flexibility index (Phi) is 2.01. The van der Waals surface area contributed by atoms with E-state index >= 15 is 0 Å². The first-order valence-electron chi connectivity index (χ1n) is 7.13. The van der Waals surface area contributed by atoms with Gasteiger partial charge in [0.05, 0.1) is 11.4 Å². The van der Waals surface area contributed by atoms with Crippen LogP contribution in [0.25, 0.3) is 5.70 Å². The molecule has 5 rings (SSSR count). The molecule has 0 fully saturated rings. The van der Waals surface area contributed by atoms with Gasteiger partial charge in [0.25, 0.3) is 0 Å². The Morgan fingerprint density at radius 3 is 2.23 bits per heavy atom. The molecule has 1 atom stereocenters. The normalized spacial score (nSPS) is 20.9. The van der Waals surface area contributed by atoms with Gasteiger partial charge in [-0.3, -0.25) is 9.59 Å². The fourth-order valence-electron chi connectivity index (χ4n) is 3.40. The van der Waals surface area contributed by atoms with Crippen LogP contribution in [-0.2, 0) is 0 Å². The van der Waals surface area contributed by atoms with Gasteiger partial charge in [-0.05, 0) is 0 Å². The Labute approximate surface area is 126 Å². The first-order valence-corrected chi connectivity index (χ1v) is 7.13. The summed E-state index contributed by atoms with van der Waals surface area (Å²) in [6.45, 7) is 0. The predicted octanol–water partition coefficient (Wildman–Crippen LogP) is 2.21. The van der Waals surface area contributed by atoms with E-state index in [4.69, 9.17) is 0 Å². The minimum atomic E-state index is -0.491. The molecule has 0 bridgehead atoms. The number of Topliss-reactive ketones (excluding diaryl/α,β-unsaturated/α-hetero) is 2. The van der Waals surface area contributed by atoms with Crippen molar-refractivity contribution in [1.29, 1.82) is 0 Å². The van der Waals surface area contributed by atoms with Gasteiger partial charge < -0.3 is 5.32 Å². The maximum absolute atomic E-state index is 12.6. The highest BCUT2D eigenvalue weighted by Gasteiger charge is 2.43. The quantitative estimate of drug-likeness (QED) is 0.807. The number of rotatable bonds is 0. The summed E-state index contributed by atoms with van der Waals surface area (Å²) in [7, 11) is 0. The molecule has 2 aromatic carbocycles. The highest BCUT2D eigenvalue weighted by Crippen LogP contribution is 2.37. The zero-order chi connectivity index (χ0) is 14.8. The van der Waals surface area contributed by atoms with Crippen molar-refractivity contribution in [2.75, 3.05) is 0 Å².